The van der Waals surface area contributed by atoms with E-state index in [0.717, 1.165) is 22.3 Å². The lowest BCUT2D eigenvalue weighted by atomic mass is 9.81. The number of hydrogen-bond donors (Lipinski definition) is 3. The van der Waals surface area contributed by atoms with Crippen LogP contribution in [0.5, 0.6) is 0 Å². The maximum absolute atomic E-state index is 13.1. The van der Waals surface area contributed by atoms with E-state index < -0.39 is 17.5 Å². The average Bonchev–Trinajstić information content (AvgIpc) is 3.19. The molecule has 186 valence electrons. The largest absolute Gasteiger partial charge is 0.481 e. The number of benzene rings is 2. The highest BCUT2D eigenvalue weighted by molar-refractivity contribution is 5.84. The van der Waals surface area contributed by atoms with E-state index >= 15 is 0 Å². The van der Waals surface area contributed by atoms with Gasteiger partial charge in [-0.3, -0.25) is 9.59 Å². The number of carboxylic acid groups (broad SMARTS) is 1. The van der Waals surface area contributed by atoms with Crippen molar-refractivity contribution in [1.82, 2.24) is 10.6 Å². The first-order chi connectivity index (χ1) is 16.9. The molecule has 1 aliphatic heterocycles. The van der Waals surface area contributed by atoms with Crippen molar-refractivity contribution in [3.63, 3.8) is 0 Å². The molecule has 1 fully saturated rings. The molecular formula is C27H32N2O6. The van der Waals surface area contributed by atoms with Crippen LogP contribution < -0.4 is 10.6 Å². The van der Waals surface area contributed by atoms with E-state index in [1.54, 1.807) is 6.92 Å². The Hall–Kier alpha value is -3.39. The minimum atomic E-state index is -0.915. The van der Waals surface area contributed by atoms with E-state index in [-0.39, 0.29) is 44.0 Å². The molecule has 0 bridgehead atoms. The lowest BCUT2D eigenvalue weighted by Gasteiger charge is -2.36. The van der Waals surface area contributed by atoms with Crippen LogP contribution in [-0.2, 0) is 19.1 Å². The fourth-order valence-electron chi connectivity index (χ4n) is 4.93. The smallest absolute Gasteiger partial charge is 0.407 e. The second-order valence-corrected chi connectivity index (χ2v) is 9.42. The van der Waals surface area contributed by atoms with Crippen molar-refractivity contribution in [3.8, 4) is 11.1 Å². The maximum Gasteiger partial charge on any atom is 0.407 e. The summed E-state index contributed by atoms with van der Waals surface area (Å²) in [6, 6.07) is 16.0. The normalized spacial score (nSPS) is 19.8. The number of ether oxygens (including phenoxy) is 2. The van der Waals surface area contributed by atoms with Gasteiger partial charge in [0.25, 0.3) is 0 Å². The molecule has 2 aliphatic rings. The van der Waals surface area contributed by atoms with Crippen molar-refractivity contribution in [2.45, 2.75) is 44.6 Å². The predicted octanol–water partition coefficient (Wildman–Crippen LogP) is 3.69. The maximum atomic E-state index is 13.1. The minimum Gasteiger partial charge on any atom is -0.481 e. The van der Waals surface area contributed by atoms with Crippen molar-refractivity contribution in [3.05, 3.63) is 59.7 Å². The zero-order valence-corrected chi connectivity index (χ0v) is 19.9. The van der Waals surface area contributed by atoms with Crippen LogP contribution in [0.3, 0.4) is 0 Å². The molecule has 1 saturated heterocycles. The fraction of sp³-hybridized carbons (Fsp3) is 0.444. The van der Waals surface area contributed by atoms with Gasteiger partial charge in [-0.25, -0.2) is 4.79 Å². The number of carbonyl (C=O) groups excluding carboxylic acids is 2. The Morgan fingerprint density at radius 1 is 1.11 bits per heavy atom. The summed E-state index contributed by atoms with van der Waals surface area (Å²) in [6.07, 6.45) is 0.988. The van der Waals surface area contributed by atoms with Crippen LogP contribution in [0.4, 0.5) is 4.79 Å². The van der Waals surface area contributed by atoms with Gasteiger partial charge in [0.15, 0.2) is 0 Å². The molecule has 0 aromatic heterocycles. The summed E-state index contributed by atoms with van der Waals surface area (Å²) >= 11 is 0. The lowest BCUT2D eigenvalue weighted by Crippen LogP contribution is -2.54. The van der Waals surface area contributed by atoms with Gasteiger partial charge in [0.2, 0.25) is 5.91 Å². The summed E-state index contributed by atoms with van der Waals surface area (Å²) in [5.41, 5.74) is 3.66. The molecule has 1 aliphatic carbocycles. The van der Waals surface area contributed by atoms with E-state index in [1.165, 1.54) is 0 Å². The first kappa shape index (κ1) is 24.7. The quantitative estimate of drug-likeness (QED) is 0.504. The van der Waals surface area contributed by atoms with Crippen LogP contribution in [0.1, 0.15) is 49.7 Å². The average molecular weight is 481 g/mol. The predicted molar refractivity (Wildman–Crippen MR) is 130 cm³/mol. The van der Waals surface area contributed by atoms with E-state index in [9.17, 15) is 14.4 Å². The van der Waals surface area contributed by atoms with Crippen molar-refractivity contribution >= 4 is 18.0 Å². The van der Waals surface area contributed by atoms with E-state index in [1.807, 2.05) is 24.3 Å². The zero-order chi connectivity index (χ0) is 24.8. The number of rotatable bonds is 9. The Morgan fingerprint density at radius 2 is 1.77 bits per heavy atom. The van der Waals surface area contributed by atoms with Gasteiger partial charge in [-0.05, 0) is 48.4 Å². The zero-order valence-electron chi connectivity index (χ0n) is 19.9. The number of carboxylic acids is 1. The van der Waals surface area contributed by atoms with Gasteiger partial charge in [-0.2, -0.15) is 0 Å². The van der Waals surface area contributed by atoms with Crippen LogP contribution in [-0.4, -0.2) is 55.5 Å². The second kappa shape index (κ2) is 10.9. The lowest BCUT2D eigenvalue weighted by molar-refractivity contribution is -0.140. The number of nitrogens with one attached hydrogen (secondary N) is 2. The van der Waals surface area contributed by atoms with Gasteiger partial charge in [0.05, 0.1) is 12.0 Å². The number of aliphatic carboxylic acids is 1. The third-order valence-electron chi connectivity index (χ3n) is 6.89. The molecule has 8 heteroatoms. The van der Waals surface area contributed by atoms with Crippen molar-refractivity contribution < 1.29 is 29.0 Å². The molecule has 0 saturated carbocycles. The molecule has 0 spiro atoms. The van der Waals surface area contributed by atoms with E-state index in [0.29, 0.717) is 25.9 Å². The van der Waals surface area contributed by atoms with E-state index in [2.05, 4.69) is 34.9 Å². The fourth-order valence-corrected chi connectivity index (χ4v) is 4.93. The summed E-state index contributed by atoms with van der Waals surface area (Å²) in [5.74, 6) is -1.19. The molecule has 8 nitrogen and oxygen atoms in total. The molecule has 2 atom stereocenters. The van der Waals surface area contributed by atoms with Gasteiger partial charge in [-0.15, -0.1) is 0 Å². The van der Waals surface area contributed by atoms with E-state index in [4.69, 9.17) is 14.6 Å². The first-order valence-corrected chi connectivity index (χ1v) is 12.1. The molecule has 3 N–H and O–H groups in total. The molecule has 35 heavy (non-hydrogen) atoms. The SMILES string of the molecule is CC(CCC(=O)O)NC(=O)C1(CNC(=O)OCC2c3ccccc3-c3ccccc32)CCCOC1. The molecule has 1 heterocycles. The standard InChI is InChI=1S/C27H32N2O6/c1-18(11-12-24(30)31)29-25(32)27(13-6-14-34-17-27)16-28-26(33)35-15-23-21-9-4-2-7-19(21)20-8-3-5-10-22(20)23/h2-5,7-10,18,23H,6,11-17H2,1H3,(H,28,33)(H,29,32)(H,30,31). The monoisotopic (exact) mass is 480 g/mol. The van der Waals surface area contributed by atoms with Crippen LogP contribution >= 0.6 is 0 Å². The summed E-state index contributed by atoms with van der Waals surface area (Å²) in [4.78, 5) is 36.6. The third kappa shape index (κ3) is 5.65. The highest BCUT2D eigenvalue weighted by Gasteiger charge is 2.41. The number of hydrogen-bond acceptors (Lipinski definition) is 5. The van der Waals surface area contributed by atoms with Gasteiger partial charge in [0, 0.05) is 31.5 Å². The highest BCUT2D eigenvalue weighted by Crippen LogP contribution is 2.44. The van der Waals surface area contributed by atoms with Gasteiger partial charge in [0.1, 0.15) is 6.61 Å². The number of fused-ring (bicyclic) bond motifs is 3. The Morgan fingerprint density at radius 3 is 2.37 bits per heavy atom. The van der Waals surface area contributed by atoms with Gasteiger partial charge < -0.3 is 25.2 Å². The molecule has 2 aromatic carbocycles. The number of amides is 2. The van der Waals surface area contributed by atoms with Crippen LogP contribution in [0.25, 0.3) is 11.1 Å². The van der Waals surface area contributed by atoms with Gasteiger partial charge >= 0.3 is 12.1 Å². The third-order valence-corrected chi connectivity index (χ3v) is 6.89. The Bertz CT molecular complexity index is 1030. The van der Waals surface area contributed by atoms with Crippen molar-refractivity contribution in [1.29, 1.82) is 0 Å². The second-order valence-electron chi connectivity index (χ2n) is 9.42. The Balaban J connectivity index is 1.36. The number of alkyl carbamates (subject to hydrolysis) is 1. The minimum absolute atomic E-state index is 0.0249. The van der Waals surface area contributed by atoms with Crippen molar-refractivity contribution in [2.24, 2.45) is 5.41 Å². The van der Waals surface area contributed by atoms with Crippen LogP contribution in [0.2, 0.25) is 0 Å². The summed E-state index contributed by atoms with van der Waals surface area (Å²) in [5, 5.41) is 14.6. The molecule has 2 amide bonds. The summed E-state index contributed by atoms with van der Waals surface area (Å²) in [7, 11) is 0. The molecule has 0 radical (unpaired) electrons. The topological polar surface area (TPSA) is 114 Å². The van der Waals surface area contributed by atoms with Crippen LogP contribution in [0, 0.1) is 5.41 Å². The molecule has 4 rings (SSSR count). The molecule has 2 unspecified atom stereocenters. The first-order valence-electron chi connectivity index (χ1n) is 12.1. The highest BCUT2D eigenvalue weighted by atomic mass is 16.5. The summed E-state index contributed by atoms with van der Waals surface area (Å²) in [6.45, 7) is 2.81. The Kier molecular flexibility index (Phi) is 7.70. The van der Waals surface area contributed by atoms with Crippen molar-refractivity contribution in [2.75, 3.05) is 26.4 Å². The van der Waals surface area contributed by atoms with Crippen LogP contribution in [0.15, 0.2) is 48.5 Å². The summed E-state index contributed by atoms with van der Waals surface area (Å²) < 4.78 is 11.2. The van der Waals surface area contributed by atoms with Gasteiger partial charge in [-0.1, -0.05) is 48.5 Å². The molecule has 2 aromatic rings. The Labute approximate surface area is 205 Å². The molecular weight excluding hydrogens is 448 g/mol. The number of carbonyl (C=O) groups is 3.